The van der Waals surface area contributed by atoms with Crippen LogP contribution >= 0.6 is 0 Å². The lowest BCUT2D eigenvalue weighted by atomic mass is 10.0. The first-order valence-electron chi connectivity index (χ1n) is 8.09. The third-order valence-electron chi connectivity index (χ3n) is 4.05. The van der Waals surface area contributed by atoms with E-state index in [4.69, 9.17) is 5.11 Å². The highest BCUT2D eigenvalue weighted by atomic mass is 32.2. The van der Waals surface area contributed by atoms with E-state index in [1.54, 1.807) is 6.92 Å². The minimum atomic E-state index is -3.55. The van der Waals surface area contributed by atoms with Crippen LogP contribution in [0.2, 0.25) is 0 Å². The largest absolute Gasteiger partial charge is 0.478 e. The number of sulfonamides is 1. The summed E-state index contributed by atoms with van der Waals surface area (Å²) in [6.45, 7) is 2.01. The van der Waals surface area contributed by atoms with Crippen LogP contribution in [0.1, 0.15) is 43.0 Å². The number of amides is 1. The molecule has 0 spiro atoms. The van der Waals surface area contributed by atoms with E-state index < -0.39 is 33.8 Å². The van der Waals surface area contributed by atoms with Gasteiger partial charge in [-0.05, 0) is 37.5 Å². The minimum absolute atomic E-state index is 0.0432. The number of nitrogens with zero attached hydrogens (tertiary/aromatic N) is 1. The van der Waals surface area contributed by atoms with Gasteiger partial charge in [-0.3, -0.25) is 4.79 Å². The second kappa shape index (κ2) is 7.92. The van der Waals surface area contributed by atoms with Crippen molar-refractivity contribution in [1.29, 1.82) is 0 Å². The van der Waals surface area contributed by atoms with E-state index in [1.807, 2.05) is 0 Å². The fourth-order valence-corrected chi connectivity index (χ4v) is 4.59. The highest BCUT2D eigenvalue weighted by Crippen LogP contribution is 2.24. The molecule has 0 aliphatic carbocycles. The summed E-state index contributed by atoms with van der Waals surface area (Å²) >= 11 is 0. The molecule has 1 unspecified atom stereocenters. The number of carbonyl (C=O) groups is 2. The number of hydrogen-bond acceptors (Lipinski definition) is 4. The summed E-state index contributed by atoms with van der Waals surface area (Å²) in [6, 6.07) is 2.26. The van der Waals surface area contributed by atoms with E-state index in [9.17, 15) is 22.4 Å². The molecule has 0 bridgehead atoms. The van der Waals surface area contributed by atoms with Gasteiger partial charge < -0.3 is 10.4 Å². The second-order valence-corrected chi connectivity index (χ2v) is 7.97. The molecule has 25 heavy (non-hydrogen) atoms. The predicted octanol–water partition coefficient (Wildman–Crippen LogP) is 2.06. The maximum absolute atomic E-state index is 14.0. The first-order chi connectivity index (χ1) is 11.8. The number of carboxylic acids is 1. The molecule has 1 fully saturated rings. The highest BCUT2D eigenvalue weighted by Gasteiger charge is 2.36. The molecule has 1 amide bonds. The third-order valence-corrected chi connectivity index (χ3v) is 6.13. The maximum Gasteiger partial charge on any atom is 0.335 e. The molecular weight excluding hydrogens is 351 g/mol. The average molecular weight is 372 g/mol. The van der Waals surface area contributed by atoms with E-state index in [0.29, 0.717) is 25.7 Å². The molecule has 0 radical (unpaired) electrons. The topological polar surface area (TPSA) is 104 Å². The molecule has 1 heterocycles. The van der Waals surface area contributed by atoms with Crippen LogP contribution in [-0.4, -0.2) is 48.0 Å². The van der Waals surface area contributed by atoms with Crippen LogP contribution in [0.15, 0.2) is 18.2 Å². The van der Waals surface area contributed by atoms with Gasteiger partial charge in [0, 0.05) is 6.54 Å². The second-order valence-electron chi connectivity index (χ2n) is 5.93. The SMILES string of the molecule is CCCS(=O)(=O)N1CCCCC1C(=O)Nc1ccc(C(=O)O)cc1F. The van der Waals surface area contributed by atoms with Crippen molar-refractivity contribution >= 4 is 27.6 Å². The maximum atomic E-state index is 14.0. The highest BCUT2D eigenvalue weighted by molar-refractivity contribution is 7.89. The molecule has 7 nitrogen and oxygen atoms in total. The van der Waals surface area contributed by atoms with Crippen molar-refractivity contribution in [2.75, 3.05) is 17.6 Å². The van der Waals surface area contributed by atoms with E-state index >= 15 is 0 Å². The Labute approximate surface area is 145 Å². The first kappa shape index (κ1) is 19.3. The molecule has 0 saturated carbocycles. The van der Waals surface area contributed by atoms with Crippen LogP contribution in [0, 0.1) is 5.82 Å². The number of halogens is 1. The summed E-state index contributed by atoms with van der Waals surface area (Å²) in [5, 5.41) is 11.2. The molecule has 138 valence electrons. The molecule has 9 heteroatoms. The van der Waals surface area contributed by atoms with Crippen molar-refractivity contribution in [2.24, 2.45) is 0 Å². The lowest BCUT2D eigenvalue weighted by Gasteiger charge is -2.33. The van der Waals surface area contributed by atoms with Gasteiger partial charge in [0.2, 0.25) is 15.9 Å². The number of nitrogens with one attached hydrogen (secondary N) is 1. The van der Waals surface area contributed by atoms with Crippen molar-refractivity contribution in [2.45, 2.75) is 38.6 Å². The number of anilines is 1. The molecule has 0 aromatic heterocycles. The van der Waals surface area contributed by atoms with E-state index in [2.05, 4.69) is 5.32 Å². The van der Waals surface area contributed by atoms with Gasteiger partial charge in [-0.1, -0.05) is 13.3 Å². The summed E-state index contributed by atoms with van der Waals surface area (Å²) in [4.78, 5) is 23.3. The first-order valence-corrected chi connectivity index (χ1v) is 9.70. The fraction of sp³-hybridized carbons (Fsp3) is 0.500. The molecule has 1 saturated heterocycles. The number of hydrogen-bond donors (Lipinski definition) is 2. The van der Waals surface area contributed by atoms with Crippen LogP contribution in [0.25, 0.3) is 0 Å². The molecule has 2 N–H and O–H groups in total. The van der Waals surface area contributed by atoms with Crippen molar-refractivity contribution in [3.05, 3.63) is 29.6 Å². The lowest BCUT2D eigenvalue weighted by molar-refractivity contribution is -0.120. The zero-order valence-electron chi connectivity index (χ0n) is 13.9. The molecule has 1 aliphatic rings. The third kappa shape index (κ3) is 4.55. The number of benzene rings is 1. The Morgan fingerprint density at radius 1 is 1.36 bits per heavy atom. The van der Waals surface area contributed by atoms with Gasteiger partial charge in [0.25, 0.3) is 0 Å². The Kier molecular flexibility index (Phi) is 6.12. The summed E-state index contributed by atoms with van der Waals surface area (Å²) in [6.07, 6.45) is 2.19. The van der Waals surface area contributed by atoms with Crippen molar-refractivity contribution in [3.63, 3.8) is 0 Å². The number of aromatic carboxylic acids is 1. The Bertz CT molecular complexity index is 766. The van der Waals surface area contributed by atoms with Crippen molar-refractivity contribution < 1.29 is 27.5 Å². The van der Waals surface area contributed by atoms with Crippen LogP contribution in [-0.2, 0) is 14.8 Å². The van der Waals surface area contributed by atoms with Crippen molar-refractivity contribution in [1.82, 2.24) is 4.31 Å². The van der Waals surface area contributed by atoms with E-state index in [0.717, 1.165) is 12.1 Å². The standard InChI is InChI=1S/C16H21FN2O5S/c1-2-9-25(23,24)19-8-4-3-5-14(19)15(20)18-13-7-6-11(16(21)22)10-12(13)17/h6-7,10,14H,2-5,8-9H2,1H3,(H,18,20)(H,21,22). The fourth-order valence-electron chi connectivity index (χ4n) is 2.84. The zero-order chi connectivity index (χ0) is 18.6. The van der Waals surface area contributed by atoms with Crippen LogP contribution < -0.4 is 5.32 Å². The molecule has 1 aromatic rings. The summed E-state index contributed by atoms with van der Waals surface area (Å²) in [7, 11) is -3.55. The molecule has 1 aliphatic heterocycles. The van der Waals surface area contributed by atoms with Crippen molar-refractivity contribution in [3.8, 4) is 0 Å². The van der Waals surface area contributed by atoms with E-state index in [-0.39, 0.29) is 23.5 Å². The van der Waals surface area contributed by atoms with Crippen LogP contribution in [0.5, 0.6) is 0 Å². The monoisotopic (exact) mass is 372 g/mol. The van der Waals surface area contributed by atoms with Crippen LogP contribution in [0.3, 0.4) is 0 Å². The zero-order valence-corrected chi connectivity index (χ0v) is 14.7. The van der Waals surface area contributed by atoms with Gasteiger partial charge >= 0.3 is 5.97 Å². The summed E-state index contributed by atoms with van der Waals surface area (Å²) in [5.41, 5.74) is -0.409. The molecule has 2 rings (SSSR count). The van der Waals surface area contributed by atoms with Gasteiger partial charge in [0.15, 0.2) is 0 Å². The average Bonchev–Trinajstić information content (AvgIpc) is 2.56. The quantitative estimate of drug-likeness (QED) is 0.795. The number of piperidine rings is 1. The summed E-state index contributed by atoms with van der Waals surface area (Å²) < 4.78 is 39.9. The summed E-state index contributed by atoms with van der Waals surface area (Å²) in [5.74, 6) is -2.81. The smallest absolute Gasteiger partial charge is 0.335 e. The van der Waals surface area contributed by atoms with Crippen LogP contribution in [0.4, 0.5) is 10.1 Å². The minimum Gasteiger partial charge on any atom is -0.478 e. The Morgan fingerprint density at radius 3 is 2.68 bits per heavy atom. The Hall–Kier alpha value is -2.00. The number of rotatable bonds is 6. The molecule has 1 atom stereocenters. The normalized spacial score (nSPS) is 18.7. The van der Waals surface area contributed by atoms with Gasteiger partial charge in [0.05, 0.1) is 17.0 Å². The molecular formula is C16H21FN2O5S. The number of carboxylic acid groups (broad SMARTS) is 1. The Balaban J connectivity index is 2.19. The number of carbonyl (C=O) groups excluding carboxylic acids is 1. The van der Waals surface area contributed by atoms with E-state index in [1.165, 1.54) is 10.4 Å². The van der Waals surface area contributed by atoms with Gasteiger partial charge in [0.1, 0.15) is 11.9 Å². The molecule has 1 aromatic carbocycles. The predicted molar refractivity (Wildman–Crippen MR) is 90.4 cm³/mol. The van der Waals surface area contributed by atoms with Gasteiger partial charge in [-0.2, -0.15) is 4.31 Å². The Morgan fingerprint density at radius 2 is 2.08 bits per heavy atom. The lowest BCUT2D eigenvalue weighted by Crippen LogP contribution is -2.50. The van der Waals surface area contributed by atoms with Gasteiger partial charge in [-0.15, -0.1) is 0 Å². The van der Waals surface area contributed by atoms with Gasteiger partial charge in [-0.25, -0.2) is 17.6 Å².